The molecule has 4 nitrogen and oxygen atoms in total. The molecule has 30 heavy (non-hydrogen) atoms. The first-order chi connectivity index (χ1) is 14.3. The molecule has 0 saturated heterocycles. The molecule has 0 bridgehead atoms. The molecule has 0 saturated carbocycles. The van der Waals surface area contributed by atoms with Gasteiger partial charge in [-0.15, -0.1) is 0 Å². The van der Waals surface area contributed by atoms with Gasteiger partial charge < -0.3 is 14.7 Å². The largest absolute Gasteiger partial charge is 0.506 e. The third kappa shape index (κ3) is 3.77. The number of amides is 1. The number of phenols is 1. The average molecular weight is 419 g/mol. The number of hydrogen-bond acceptors (Lipinski definition) is 4. The predicted octanol–water partition coefficient (Wildman–Crippen LogP) is 6.21. The van der Waals surface area contributed by atoms with Gasteiger partial charge in [0.1, 0.15) is 5.75 Å². The van der Waals surface area contributed by atoms with Crippen LogP contribution in [0.5, 0.6) is 5.75 Å². The first-order valence-electron chi connectivity index (χ1n) is 9.95. The summed E-state index contributed by atoms with van der Waals surface area (Å²) in [7, 11) is 0. The Morgan fingerprint density at radius 1 is 0.967 bits per heavy atom. The van der Waals surface area contributed by atoms with Gasteiger partial charge in [0.2, 0.25) is 0 Å². The number of benzene rings is 3. The van der Waals surface area contributed by atoms with E-state index in [2.05, 4.69) is 55.8 Å². The van der Waals surface area contributed by atoms with Gasteiger partial charge in [0.25, 0.3) is 5.91 Å². The zero-order chi connectivity index (χ0) is 21.5. The van der Waals surface area contributed by atoms with Crippen LogP contribution in [0.1, 0.15) is 42.3 Å². The van der Waals surface area contributed by atoms with Gasteiger partial charge in [-0.05, 0) is 58.0 Å². The molecule has 3 aromatic carbocycles. The molecular weight excluding hydrogens is 392 g/mol. The summed E-state index contributed by atoms with van der Waals surface area (Å²) in [6, 6.07) is 19.9. The normalized spacial score (nSPS) is 13.5. The van der Waals surface area contributed by atoms with Crippen molar-refractivity contribution >= 4 is 29.2 Å². The van der Waals surface area contributed by atoms with Crippen molar-refractivity contribution in [1.82, 2.24) is 0 Å². The van der Waals surface area contributed by atoms with Crippen LogP contribution in [-0.2, 0) is 12.0 Å². The maximum absolute atomic E-state index is 13.0. The molecule has 0 unspecified atom stereocenters. The maximum atomic E-state index is 13.0. The van der Waals surface area contributed by atoms with Gasteiger partial charge in [0, 0.05) is 17.5 Å². The first kappa shape index (κ1) is 20.4. The van der Waals surface area contributed by atoms with Crippen molar-refractivity contribution in [2.75, 3.05) is 15.9 Å². The lowest BCUT2D eigenvalue weighted by atomic mass is 9.86. The summed E-state index contributed by atoms with van der Waals surface area (Å²) in [5, 5.41) is 10.0. The number of rotatable bonds is 4. The van der Waals surface area contributed by atoms with Crippen LogP contribution >= 0.6 is 11.9 Å². The molecule has 0 fully saturated rings. The third-order valence-corrected chi connectivity index (χ3v) is 5.92. The van der Waals surface area contributed by atoms with Gasteiger partial charge in [-0.1, -0.05) is 63.1 Å². The molecule has 0 spiro atoms. The number of aromatic hydroxyl groups is 1. The molecule has 0 aromatic heterocycles. The Hall–Kier alpha value is -2.92. The Morgan fingerprint density at radius 2 is 1.67 bits per heavy atom. The van der Waals surface area contributed by atoms with E-state index in [-0.39, 0.29) is 17.1 Å². The number of nitrogens with one attached hydrogen (secondary N) is 1. The van der Waals surface area contributed by atoms with E-state index in [0.717, 1.165) is 27.9 Å². The fourth-order valence-corrected chi connectivity index (χ4v) is 4.14. The van der Waals surface area contributed by atoms with E-state index in [1.54, 1.807) is 17.0 Å². The molecule has 1 aliphatic rings. The van der Waals surface area contributed by atoms with E-state index < -0.39 is 0 Å². The molecular formula is C25H26N2O2S. The molecule has 2 N–H and O–H groups in total. The minimum absolute atomic E-state index is 0.0135. The van der Waals surface area contributed by atoms with E-state index in [4.69, 9.17) is 0 Å². The summed E-state index contributed by atoms with van der Waals surface area (Å²) in [6.45, 7) is 7.15. The highest BCUT2D eigenvalue weighted by Gasteiger charge is 2.29. The molecule has 1 amide bonds. The Morgan fingerprint density at radius 3 is 2.33 bits per heavy atom. The van der Waals surface area contributed by atoms with Crippen LogP contribution in [0.15, 0.2) is 60.7 Å². The lowest BCUT2D eigenvalue weighted by Crippen LogP contribution is -2.22. The van der Waals surface area contributed by atoms with Crippen LogP contribution in [0.4, 0.5) is 11.4 Å². The zero-order valence-corrected chi connectivity index (χ0v) is 18.5. The molecule has 1 aliphatic heterocycles. The lowest BCUT2D eigenvalue weighted by Gasteiger charge is -2.19. The van der Waals surface area contributed by atoms with Crippen LogP contribution in [0.25, 0.3) is 11.1 Å². The summed E-state index contributed by atoms with van der Waals surface area (Å²) in [5.41, 5.74) is 6.80. The molecule has 0 aliphatic carbocycles. The summed E-state index contributed by atoms with van der Waals surface area (Å²) in [4.78, 5) is 14.7. The number of nitrogens with zero attached hydrogens (tertiary/aromatic N) is 1. The second kappa shape index (κ2) is 7.73. The van der Waals surface area contributed by atoms with Crippen molar-refractivity contribution in [2.45, 2.75) is 32.7 Å². The van der Waals surface area contributed by atoms with E-state index in [9.17, 15) is 9.90 Å². The Kier molecular flexibility index (Phi) is 5.24. The second-order valence-corrected chi connectivity index (χ2v) is 9.21. The van der Waals surface area contributed by atoms with Crippen LogP contribution in [0, 0.1) is 0 Å². The van der Waals surface area contributed by atoms with Gasteiger partial charge in [0.15, 0.2) is 0 Å². The quantitative estimate of drug-likeness (QED) is 0.391. The molecule has 0 atom stereocenters. The number of carbonyl (C=O) groups is 1. The van der Waals surface area contributed by atoms with E-state index in [1.165, 1.54) is 17.5 Å². The van der Waals surface area contributed by atoms with Gasteiger partial charge >= 0.3 is 0 Å². The zero-order valence-electron chi connectivity index (χ0n) is 17.7. The fourth-order valence-electron chi connectivity index (χ4n) is 3.76. The SMILES string of the molecule is CSNc1cc(N2Cc3cc(-c4ccc(C(C)(C)C)cc4)ccc3C2=O)ccc1O. The molecule has 4 rings (SSSR count). The maximum Gasteiger partial charge on any atom is 0.258 e. The molecule has 154 valence electrons. The van der Waals surface area contributed by atoms with Crippen molar-refractivity contribution in [3.63, 3.8) is 0 Å². The minimum atomic E-state index is -0.0135. The highest BCUT2D eigenvalue weighted by Crippen LogP contribution is 2.36. The van der Waals surface area contributed by atoms with Gasteiger partial charge in [-0.25, -0.2) is 0 Å². The Bertz CT molecular complexity index is 1100. The number of phenolic OH excluding ortho intramolecular Hbond substituents is 1. The monoisotopic (exact) mass is 418 g/mol. The van der Waals surface area contributed by atoms with Crippen molar-refractivity contribution in [1.29, 1.82) is 0 Å². The molecule has 5 heteroatoms. The average Bonchev–Trinajstić information content (AvgIpc) is 3.05. The van der Waals surface area contributed by atoms with E-state index in [0.29, 0.717) is 12.2 Å². The summed E-state index contributed by atoms with van der Waals surface area (Å²) >= 11 is 1.40. The Balaban J connectivity index is 1.62. The summed E-state index contributed by atoms with van der Waals surface area (Å²) < 4.78 is 3.05. The number of carbonyl (C=O) groups excluding carboxylic acids is 1. The first-order valence-corrected chi connectivity index (χ1v) is 11.2. The molecule has 0 radical (unpaired) electrons. The highest BCUT2D eigenvalue weighted by atomic mass is 32.2. The van der Waals surface area contributed by atoms with Crippen LogP contribution in [0.3, 0.4) is 0 Å². The third-order valence-electron chi connectivity index (χ3n) is 5.50. The summed E-state index contributed by atoms with van der Waals surface area (Å²) in [5.74, 6) is 0.152. The number of anilines is 2. The molecule has 1 heterocycles. The standard InChI is InChI=1S/C25H26N2O2S/c1-25(2,3)19-8-5-16(6-9-19)17-7-11-21-18(13-17)15-27(24(21)29)20-10-12-23(28)22(14-20)26-30-4/h5-14,26,28H,15H2,1-4H3. The van der Waals surface area contributed by atoms with Crippen LogP contribution in [0.2, 0.25) is 0 Å². The number of fused-ring (bicyclic) bond motifs is 1. The van der Waals surface area contributed by atoms with Crippen molar-refractivity contribution in [2.24, 2.45) is 0 Å². The fraction of sp³-hybridized carbons (Fsp3) is 0.240. The topological polar surface area (TPSA) is 52.6 Å². The predicted molar refractivity (Wildman–Crippen MR) is 126 cm³/mol. The van der Waals surface area contributed by atoms with Gasteiger partial charge in [0.05, 0.1) is 12.2 Å². The Labute approximate surface area is 182 Å². The highest BCUT2D eigenvalue weighted by molar-refractivity contribution is 7.99. The van der Waals surface area contributed by atoms with Gasteiger partial charge in [-0.2, -0.15) is 0 Å². The van der Waals surface area contributed by atoms with Gasteiger partial charge in [-0.3, -0.25) is 4.79 Å². The van der Waals surface area contributed by atoms with Crippen molar-refractivity contribution in [3.8, 4) is 16.9 Å². The van der Waals surface area contributed by atoms with Crippen LogP contribution in [-0.4, -0.2) is 17.3 Å². The minimum Gasteiger partial charge on any atom is -0.506 e. The lowest BCUT2D eigenvalue weighted by molar-refractivity contribution is 0.0996. The van der Waals surface area contributed by atoms with Crippen molar-refractivity contribution in [3.05, 3.63) is 77.4 Å². The second-order valence-electron chi connectivity index (χ2n) is 8.60. The number of hydrogen-bond donors (Lipinski definition) is 2. The van der Waals surface area contributed by atoms with Crippen molar-refractivity contribution < 1.29 is 9.90 Å². The summed E-state index contributed by atoms with van der Waals surface area (Å²) in [6.07, 6.45) is 1.89. The van der Waals surface area contributed by atoms with Crippen LogP contribution < -0.4 is 9.62 Å². The smallest absolute Gasteiger partial charge is 0.258 e. The van der Waals surface area contributed by atoms with E-state index in [1.807, 2.05) is 24.5 Å². The van der Waals surface area contributed by atoms with E-state index >= 15 is 0 Å². The molecule has 3 aromatic rings.